The molecule has 0 bridgehead atoms. The number of aliphatic hydroxyl groups is 1. The third kappa shape index (κ3) is 3.47. The summed E-state index contributed by atoms with van der Waals surface area (Å²) in [5.41, 5.74) is -0.202. The predicted octanol–water partition coefficient (Wildman–Crippen LogP) is 1.70. The first-order valence-electron chi connectivity index (χ1n) is 4.41. The van der Waals surface area contributed by atoms with Crippen LogP contribution in [0, 0.1) is 0 Å². The van der Waals surface area contributed by atoms with E-state index in [1.807, 2.05) is 13.8 Å². The van der Waals surface area contributed by atoms with Crippen LogP contribution in [0.15, 0.2) is 12.3 Å². The van der Waals surface area contributed by atoms with Gasteiger partial charge in [-0.05, 0) is 37.9 Å². The second-order valence-corrected chi connectivity index (χ2v) is 4.03. The Morgan fingerprint density at radius 3 is 2.86 bits per heavy atom. The van der Waals surface area contributed by atoms with Crippen LogP contribution in [0.3, 0.4) is 0 Å². The summed E-state index contributed by atoms with van der Waals surface area (Å²) in [5.74, 6) is 0.670. The fraction of sp³-hybridized carbons (Fsp3) is 0.556. The lowest BCUT2D eigenvalue weighted by molar-refractivity contribution is 0.260. The van der Waals surface area contributed by atoms with Crippen molar-refractivity contribution < 1.29 is 5.11 Å². The average molecular weight is 216 g/mol. The molecule has 5 heteroatoms. The molecule has 0 unspecified atom stereocenters. The molecule has 0 saturated carbocycles. The van der Waals surface area contributed by atoms with Crippen LogP contribution in [-0.2, 0) is 0 Å². The molecule has 14 heavy (non-hydrogen) atoms. The molecule has 1 aromatic heterocycles. The number of anilines is 1. The Kier molecular flexibility index (Phi) is 3.66. The number of nitrogens with zero attached hydrogens (tertiary/aromatic N) is 2. The maximum atomic E-state index is 8.84. The molecule has 1 heterocycles. The normalized spacial score (nSPS) is 11.4. The van der Waals surface area contributed by atoms with Crippen molar-refractivity contribution in [2.24, 2.45) is 0 Å². The van der Waals surface area contributed by atoms with Crippen molar-refractivity contribution in [3.63, 3.8) is 0 Å². The standard InChI is InChI=1S/C9H14ClN3O/c1-9(2,4-6-14)13-7-3-5-11-8(10)12-7/h3,5,14H,4,6H2,1-2H3,(H,11,12,13). The maximum Gasteiger partial charge on any atom is 0.224 e. The van der Waals surface area contributed by atoms with Crippen molar-refractivity contribution in [3.05, 3.63) is 17.5 Å². The van der Waals surface area contributed by atoms with Crippen LogP contribution in [0.2, 0.25) is 5.28 Å². The molecule has 0 radical (unpaired) electrons. The minimum absolute atomic E-state index is 0.138. The van der Waals surface area contributed by atoms with E-state index in [2.05, 4.69) is 15.3 Å². The predicted molar refractivity (Wildman–Crippen MR) is 56.4 cm³/mol. The van der Waals surface area contributed by atoms with Gasteiger partial charge in [-0.15, -0.1) is 0 Å². The second-order valence-electron chi connectivity index (χ2n) is 3.69. The van der Waals surface area contributed by atoms with Gasteiger partial charge in [0.25, 0.3) is 0 Å². The maximum absolute atomic E-state index is 8.84. The van der Waals surface area contributed by atoms with E-state index in [-0.39, 0.29) is 17.4 Å². The first-order valence-corrected chi connectivity index (χ1v) is 4.79. The summed E-state index contributed by atoms with van der Waals surface area (Å²) in [5, 5.41) is 12.2. The first-order chi connectivity index (χ1) is 6.53. The Balaban J connectivity index is 2.68. The van der Waals surface area contributed by atoms with Crippen LogP contribution in [0.1, 0.15) is 20.3 Å². The Morgan fingerprint density at radius 1 is 1.57 bits per heavy atom. The Hall–Kier alpha value is -0.870. The molecule has 0 aromatic carbocycles. The number of aliphatic hydroxyl groups excluding tert-OH is 1. The number of rotatable bonds is 4. The van der Waals surface area contributed by atoms with Gasteiger partial charge >= 0.3 is 0 Å². The van der Waals surface area contributed by atoms with Crippen molar-refractivity contribution in [2.45, 2.75) is 25.8 Å². The molecule has 0 saturated heterocycles. The van der Waals surface area contributed by atoms with Crippen LogP contribution < -0.4 is 5.32 Å². The van der Waals surface area contributed by atoms with E-state index >= 15 is 0 Å². The summed E-state index contributed by atoms with van der Waals surface area (Å²) >= 11 is 5.64. The zero-order valence-electron chi connectivity index (χ0n) is 8.29. The second kappa shape index (κ2) is 4.57. The quantitative estimate of drug-likeness (QED) is 0.751. The summed E-state index contributed by atoms with van der Waals surface area (Å²) in [7, 11) is 0. The van der Waals surface area contributed by atoms with E-state index in [4.69, 9.17) is 16.7 Å². The third-order valence-corrected chi connectivity index (χ3v) is 2.01. The van der Waals surface area contributed by atoms with Gasteiger partial charge in [-0.2, -0.15) is 0 Å². The fourth-order valence-electron chi connectivity index (χ4n) is 1.09. The van der Waals surface area contributed by atoms with Gasteiger partial charge in [0.2, 0.25) is 5.28 Å². The molecule has 0 aliphatic rings. The highest BCUT2D eigenvalue weighted by atomic mass is 35.5. The van der Waals surface area contributed by atoms with Crippen LogP contribution in [0.5, 0.6) is 0 Å². The topological polar surface area (TPSA) is 58.0 Å². The molecule has 0 aliphatic carbocycles. The summed E-state index contributed by atoms with van der Waals surface area (Å²) in [6, 6.07) is 1.74. The van der Waals surface area contributed by atoms with E-state index in [1.54, 1.807) is 12.3 Å². The molecule has 78 valence electrons. The number of halogens is 1. The van der Waals surface area contributed by atoms with Crippen LogP contribution >= 0.6 is 11.6 Å². The Labute approximate surface area is 88.3 Å². The largest absolute Gasteiger partial charge is 0.396 e. The summed E-state index contributed by atoms with van der Waals surface area (Å²) in [4.78, 5) is 7.78. The fourth-order valence-corrected chi connectivity index (χ4v) is 1.24. The van der Waals surface area contributed by atoms with Crippen LogP contribution in [0.4, 0.5) is 5.82 Å². The number of hydrogen-bond donors (Lipinski definition) is 2. The smallest absolute Gasteiger partial charge is 0.224 e. The molecule has 2 N–H and O–H groups in total. The molecule has 1 aromatic rings. The van der Waals surface area contributed by atoms with E-state index in [0.29, 0.717) is 12.2 Å². The van der Waals surface area contributed by atoms with Crippen molar-refractivity contribution in [1.82, 2.24) is 9.97 Å². The van der Waals surface area contributed by atoms with Gasteiger partial charge < -0.3 is 10.4 Å². The molecule has 1 rings (SSSR count). The van der Waals surface area contributed by atoms with Gasteiger partial charge in [0.05, 0.1) is 0 Å². The third-order valence-electron chi connectivity index (χ3n) is 1.83. The SMILES string of the molecule is CC(C)(CCO)Nc1ccnc(Cl)n1. The Bertz CT molecular complexity index is 304. The number of nitrogens with one attached hydrogen (secondary N) is 1. The summed E-state index contributed by atoms with van der Waals surface area (Å²) in [6.45, 7) is 4.11. The first kappa shape index (κ1) is 11.2. The van der Waals surface area contributed by atoms with Crippen LogP contribution in [0.25, 0.3) is 0 Å². The average Bonchev–Trinajstić information content (AvgIpc) is 2.02. The zero-order chi connectivity index (χ0) is 10.6. The van der Waals surface area contributed by atoms with Crippen molar-refractivity contribution in [2.75, 3.05) is 11.9 Å². The highest BCUT2D eigenvalue weighted by molar-refractivity contribution is 6.28. The summed E-state index contributed by atoms with van der Waals surface area (Å²) in [6.07, 6.45) is 2.24. The molecule has 0 fully saturated rings. The van der Waals surface area contributed by atoms with Crippen molar-refractivity contribution >= 4 is 17.4 Å². The lowest BCUT2D eigenvalue weighted by Gasteiger charge is -2.25. The van der Waals surface area contributed by atoms with Gasteiger partial charge in [0.15, 0.2) is 0 Å². The van der Waals surface area contributed by atoms with Gasteiger partial charge in [-0.3, -0.25) is 0 Å². The highest BCUT2D eigenvalue weighted by Crippen LogP contribution is 2.16. The molecular formula is C9H14ClN3O. The van der Waals surface area contributed by atoms with E-state index in [1.165, 1.54) is 0 Å². The van der Waals surface area contributed by atoms with Crippen LogP contribution in [-0.4, -0.2) is 27.2 Å². The number of aromatic nitrogens is 2. The summed E-state index contributed by atoms with van der Waals surface area (Å²) < 4.78 is 0. The van der Waals surface area contributed by atoms with Crippen molar-refractivity contribution in [3.8, 4) is 0 Å². The molecule has 0 aliphatic heterocycles. The van der Waals surface area contributed by atoms with Gasteiger partial charge in [-0.25, -0.2) is 9.97 Å². The minimum atomic E-state index is -0.202. The zero-order valence-corrected chi connectivity index (χ0v) is 9.04. The Morgan fingerprint density at radius 2 is 2.29 bits per heavy atom. The van der Waals surface area contributed by atoms with E-state index in [9.17, 15) is 0 Å². The molecule has 0 spiro atoms. The highest BCUT2D eigenvalue weighted by Gasteiger charge is 2.16. The minimum Gasteiger partial charge on any atom is -0.396 e. The van der Waals surface area contributed by atoms with Gasteiger partial charge in [-0.1, -0.05) is 0 Å². The molecule has 0 amide bonds. The van der Waals surface area contributed by atoms with Gasteiger partial charge in [0.1, 0.15) is 5.82 Å². The van der Waals surface area contributed by atoms with E-state index in [0.717, 1.165) is 0 Å². The monoisotopic (exact) mass is 215 g/mol. The van der Waals surface area contributed by atoms with E-state index < -0.39 is 0 Å². The lowest BCUT2D eigenvalue weighted by Crippen LogP contribution is -2.32. The lowest BCUT2D eigenvalue weighted by atomic mass is 10.0. The van der Waals surface area contributed by atoms with Gasteiger partial charge in [0, 0.05) is 18.3 Å². The van der Waals surface area contributed by atoms with Crippen molar-refractivity contribution in [1.29, 1.82) is 0 Å². The molecule has 4 nitrogen and oxygen atoms in total. The molecule has 0 atom stereocenters. The molecular weight excluding hydrogens is 202 g/mol. The number of hydrogen-bond acceptors (Lipinski definition) is 4.